The van der Waals surface area contributed by atoms with Gasteiger partial charge in [-0.3, -0.25) is 0 Å². The van der Waals surface area contributed by atoms with Crippen LogP contribution in [0, 0.1) is 0 Å². The molecule has 33 heavy (non-hydrogen) atoms. The molecule has 0 saturated carbocycles. The van der Waals surface area contributed by atoms with Crippen molar-refractivity contribution in [2.75, 3.05) is 19.6 Å². The van der Waals surface area contributed by atoms with Gasteiger partial charge >= 0.3 is 5.97 Å². The van der Waals surface area contributed by atoms with Crippen LogP contribution in [0.5, 0.6) is 0 Å². The average Bonchev–Trinajstić information content (AvgIpc) is 3.16. The molecule has 0 aromatic rings. The summed E-state index contributed by atoms with van der Waals surface area (Å²) in [5, 5.41) is 9.27. The molecule has 3 N–H and O–H groups in total. The second-order valence-corrected chi connectivity index (χ2v) is 9.69. The Balaban J connectivity index is 1.93. The number of hydrogen-bond acceptors (Lipinski definition) is 3. The van der Waals surface area contributed by atoms with E-state index in [4.69, 9.17) is 5.73 Å². The van der Waals surface area contributed by atoms with E-state index in [-0.39, 0.29) is 6.54 Å². The van der Waals surface area contributed by atoms with Crippen LogP contribution in [0.15, 0.2) is 29.5 Å². The van der Waals surface area contributed by atoms with Crippen molar-refractivity contribution in [3.8, 4) is 0 Å². The van der Waals surface area contributed by atoms with Crippen LogP contribution in [0.2, 0.25) is 0 Å². The predicted molar refractivity (Wildman–Crippen MR) is 141 cm³/mol. The summed E-state index contributed by atoms with van der Waals surface area (Å²) in [6, 6.07) is 0. The van der Waals surface area contributed by atoms with E-state index in [9.17, 15) is 9.90 Å². The van der Waals surface area contributed by atoms with E-state index >= 15 is 0 Å². The number of aliphatic imine (C=N–C) groups is 1. The highest BCUT2D eigenvalue weighted by Crippen LogP contribution is 2.21. The number of nitrogens with two attached hydrogens (primary N) is 1. The molecule has 0 fully saturated rings. The normalized spacial score (nSPS) is 17.8. The Hall–Kier alpha value is -1.46. The molecule has 1 aliphatic heterocycles. The van der Waals surface area contributed by atoms with Gasteiger partial charge in [-0.25, -0.2) is 14.3 Å². The van der Waals surface area contributed by atoms with E-state index in [0.29, 0.717) is 17.6 Å². The number of allylic oxidation sites excluding steroid dienone is 2. The Bertz CT molecular complexity index is 586. The van der Waals surface area contributed by atoms with Crippen LogP contribution in [0.4, 0.5) is 0 Å². The Morgan fingerprint density at radius 1 is 0.879 bits per heavy atom. The van der Waals surface area contributed by atoms with Gasteiger partial charge in [0.25, 0.3) is 0 Å². The lowest BCUT2D eigenvalue weighted by molar-refractivity contribution is -0.778. The predicted octanol–water partition coefficient (Wildman–Crippen LogP) is 7.33. The van der Waals surface area contributed by atoms with Crippen LogP contribution in [0.1, 0.15) is 122 Å². The van der Waals surface area contributed by atoms with E-state index in [1.165, 1.54) is 103 Å². The Morgan fingerprint density at radius 2 is 1.39 bits per heavy atom. The molecule has 5 heteroatoms. The topological polar surface area (TPSA) is 75.7 Å². The van der Waals surface area contributed by atoms with E-state index < -0.39 is 5.97 Å². The van der Waals surface area contributed by atoms with E-state index in [0.717, 1.165) is 18.7 Å². The zero-order valence-electron chi connectivity index (χ0n) is 21.5. The largest absolute Gasteiger partial charge is 0.477 e. The molecule has 0 saturated heterocycles. The van der Waals surface area contributed by atoms with Crippen molar-refractivity contribution in [1.29, 1.82) is 0 Å². The monoisotopic (exact) mass is 462 g/mol. The molecule has 5 nitrogen and oxygen atoms in total. The summed E-state index contributed by atoms with van der Waals surface area (Å²) >= 11 is 0. The van der Waals surface area contributed by atoms with Crippen LogP contribution in [0.3, 0.4) is 0 Å². The first kappa shape index (κ1) is 29.6. The Kier molecular flexibility index (Phi) is 17.9. The molecule has 1 heterocycles. The summed E-state index contributed by atoms with van der Waals surface area (Å²) in [5.74, 6) is 0.157. The number of rotatable bonds is 23. The summed E-state index contributed by atoms with van der Waals surface area (Å²) in [6.07, 6.45) is 31.7. The first-order valence-corrected chi connectivity index (χ1v) is 13.8. The van der Waals surface area contributed by atoms with Crippen molar-refractivity contribution in [3.05, 3.63) is 24.6 Å². The molecular weight excluding hydrogens is 410 g/mol. The minimum Gasteiger partial charge on any atom is -0.477 e. The van der Waals surface area contributed by atoms with Crippen LogP contribution in [-0.2, 0) is 4.79 Å². The maximum absolute atomic E-state index is 11.3. The lowest BCUT2D eigenvalue weighted by atomic mass is 10.1. The molecule has 0 spiro atoms. The Labute approximate surface area is 203 Å². The van der Waals surface area contributed by atoms with E-state index in [2.05, 4.69) is 24.1 Å². The van der Waals surface area contributed by atoms with Gasteiger partial charge in [0.05, 0.1) is 6.20 Å². The zero-order chi connectivity index (χ0) is 24.0. The van der Waals surface area contributed by atoms with Crippen molar-refractivity contribution in [1.82, 2.24) is 0 Å². The molecule has 0 radical (unpaired) electrons. The average molecular weight is 463 g/mol. The van der Waals surface area contributed by atoms with Crippen LogP contribution >= 0.6 is 0 Å². The maximum atomic E-state index is 11.3. The van der Waals surface area contributed by atoms with Crippen molar-refractivity contribution < 1.29 is 14.4 Å². The minimum absolute atomic E-state index is 0.0408. The van der Waals surface area contributed by atoms with Crippen molar-refractivity contribution in [2.45, 2.75) is 122 Å². The fraction of sp³-hybridized carbons (Fsp3) is 0.786. The van der Waals surface area contributed by atoms with Crippen molar-refractivity contribution in [2.24, 2.45) is 10.7 Å². The quantitative estimate of drug-likeness (QED) is 0.0948. The summed E-state index contributed by atoms with van der Waals surface area (Å²) < 4.78 is 0.303. The molecule has 0 aromatic carbocycles. The number of aliphatic carboxylic acids is 1. The van der Waals surface area contributed by atoms with Gasteiger partial charge in [0.15, 0.2) is 6.54 Å². The lowest BCUT2D eigenvalue weighted by Crippen LogP contribution is -2.52. The van der Waals surface area contributed by atoms with Gasteiger partial charge in [0, 0.05) is 13.0 Å². The van der Waals surface area contributed by atoms with E-state index in [1.54, 1.807) is 6.20 Å². The smallest absolute Gasteiger partial charge is 0.360 e. The highest BCUT2D eigenvalue weighted by Gasteiger charge is 2.36. The molecule has 190 valence electrons. The minimum atomic E-state index is -0.801. The number of carbonyl (C=O) groups is 1. The van der Waals surface area contributed by atoms with Crippen LogP contribution < -0.4 is 5.73 Å². The van der Waals surface area contributed by atoms with Crippen molar-refractivity contribution in [3.63, 3.8) is 0 Å². The zero-order valence-corrected chi connectivity index (χ0v) is 21.5. The molecule has 0 bridgehead atoms. The molecule has 0 amide bonds. The maximum Gasteiger partial charge on any atom is 0.360 e. The fourth-order valence-electron chi connectivity index (χ4n) is 4.69. The number of carboxylic acids is 1. The van der Waals surface area contributed by atoms with Gasteiger partial charge < -0.3 is 10.8 Å². The SMILES string of the molecule is CCCCCCCCCCC/C=C/CCCCCCCCC1=NC=C[N+]1(CCN)CC(=O)O. The highest BCUT2D eigenvalue weighted by molar-refractivity contribution is 5.81. The Morgan fingerprint density at radius 3 is 1.91 bits per heavy atom. The molecule has 0 aromatic heterocycles. The second kappa shape index (κ2) is 20.0. The summed E-state index contributed by atoms with van der Waals surface area (Å²) in [5.41, 5.74) is 5.73. The summed E-state index contributed by atoms with van der Waals surface area (Å²) in [7, 11) is 0. The van der Waals surface area contributed by atoms with Gasteiger partial charge in [-0.15, -0.1) is 0 Å². The first-order valence-electron chi connectivity index (χ1n) is 13.8. The second-order valence-electron chi connectivity index (χ2n) is 9.69. The molecule has 1 atom stereocenters. The molecular formula is C28H52N3O2+. The third-order valence-corrected chi connectivity index (χ3v) is 6.70. The molecule has 1 rings (SSSR count). The van der Waals surface area contributed by atoms with Gasteiger partial charge in [-0.1, -0.05) is 96.1 Å². The number of carboxylic acid groups (broad SMARTS) is 1. The third kappa shape index (κ3) is 14.4. The van der Waals surface area contributed by atoms with Gasteiger partial charge in [0.2, 0.25) is 5.84 Å². The number of nitrogens with zero attached hydrogens (tertiary/aromatic N) is 2. The molecule has 1 aliphatic rings. The number of hydrogen-bond donors (Lipinski definition) is 2. The lowest BCUT2D eigenvalue weighted by Gasteiger charge is -2.30. The number of unbranched alkanes of at least 4 members (excludes halogenated alkanes) is 15. The third-order valence-electron chi connectivity index (χ3n) is 6.70. The van der Waals surface area contributed by atoms with E-state index in [1.807, 2.05) is 6.20 Å². The van der Waals surface area contributed by atoms with Gasteiger partial charge in [0.1, 0.15) is 12.7 Å². The highest BCUT2D eigenvalue weighted by atomic mass is 16.4. The van der Waals surface area contributed by atoms with Crippen LogP contribution in [0.25, 0.3) is 0 Å². The standard InChI is InChI=1S/C28H51N3O2/c1-2-3-4-5-6-7-8-9-10-11-12-13-14-15-16-17-18-19-20-21-27-30-23-25-31(27,24-22-29)26-28(32)33/h12-13,23,25H,2-11,14-22,24,26,29H2,1H3/p+1/b13-12+. The molecule has 1 unspecified atom stereocenters. The first-order chi connectivity index (χ1) is 16.1. The van der Waals surface area contributed by atoms with Crippen molar-refractivity contribution >= 4 is 11.8 Å². The van der Waals surface area contributed by atoms with Gasteiger partial charge in [-0.05, 0) is 32.1 Å². The summed E-state index contributed by atoms with van der Waals surface area (Å²) in [6.45, 7) is 3.39. The summed E-state index contributed by atoms with van der Waals surface area (Å²) in [4.78, 5) is 15.7. The molecule has 0 aliphatic carbocycles. The van der Waals surface area contributed by atoms with Gasteiger partial charge in [-0.2, -0.15) is 0 Å². The van der Waals surface area contributed by atoms with Crippen LogP contribution in [-0.4, -0.2) is 41.0 Å². The number of quaternary nitrogens is 1. The number of amidine groups is 1. The fourth-order valence-corrected chi connectivity index (χ4v) is 4.69.